The number of hydrogen-bond acceptors (Lipinski definition) is 22. The van der Waals surface area contributed by atoms with Gasteiger partial charge in [-0.1, -0.05) is 86.3 Å². The minimum atomic E-state index is -4.62. The van der Waals surface area contributed by atoms with Crippen molar-refractivity contribution in [3.8, 4) is 34.5 Å². The summed E-state index contributed by atoms with van der Waals surface area (Å²) in [6.45, 7) is 17.9. The summed E-state index contributed by atoms with van der Waals surface area (Å²) in [7, 11) is -5.77. The third kappa shape index (κ3) is 21.9. The number of nitro groups is 2. The number of pyridine rings is 2. The summed E-state index contributed by atoms with van der Waals surface area (Å²) < 4.78 is 96.1. The molecule has 4 N–H and O–H groups in total. The molecular formula is C100H114Cl2N12O16S2. The van der Waals surface area contributed by atoms with Crippen LogP contribution in [0.1, 0.15) is 173 Å². The number of benzene rings is 6. The lowest BCUT2D eigenvalue weighted by atomic mass is 9.72. The highest BCUT2D eigenvalue weighted by Crippen LogP contribution is 2.49. The Labute approximate surface area is 779 Å². The smallest absolute Gasteiger partial charge is 0.277 e. The van der Waals surface area contributed by atoms with E-state index in [0.29, 0.717) is 71.8 Å². The van der Waals surface area contributed by atoms with E-state index in [1.54, 1.807) is 75.1 Å². The molecule has 0 unspecified atom stereocenters. The zero-order chi connectivity index (χ0) is 92.3. The molecule has 132 heavy (non-hydrogen) atoms. The molecule has 28 nitrogen and oxygen atoms in total. The van der Waals surface area contributed by atoms with Gasteiger partial charge in [-0.05, 0) is 245 Å². The molecule has 4 aliphatic heterocycles. The number of amides is 2. The molecule has 8 heterocycles. The number of fused-ring (bicyclic) bond motifs is 4. The zero-order valence-electron chi connectivity index (χ0n) is 75.4. The van der Waals surface area contributed by atoms with E-state index in [1.165, 1.54) is 57.9 Å². The first kappa shape index (κ1) is 92.9. The van der Waals surface area contributed by atoms with E-state index in [2.05, 4.69) is 101 Å². The van der Waals surface area contributed by atoms with Crippen LogP contribution in [0.4, 0.5) is 22.7 Å². The normalized spacial score (nSPS) is 21.3. The Morgan fingerprint density at radius 1 is 0.508 bits per heavy atom. The summed E-state index contributed by atoms with van der Waals surface area (Å²) in [5, 5.41) is 27.9. The van der Waals surface area contributed by atoms with Gasteiger partial charge in [0, 0.05) is 161 Å². The molecule has 10 aromatic rings. The molecule has 32 heteroatoms. The highest BCUT2D eigenvalue weighted by atomic mass is 35.5. The van der Waals surface area contributed by atoms with Crippen LogP contribution in [0, 0.1) is 54.7 Å². The molecule has 0 bridgehead atoms. The number of nitrogens with one attached hydrogen (secondary N) is 4. The average Bonchev–Trinajstić information content (AvgIpc) is 0.834. The van der Waals surface area contributed by atoms with Gasteiger partial charge >= 0.3 is 0 Å². The van der Waals surface area contributed by atoms with Crippen LogP contribution in [0.25, 0.3) is 33.2 Å². The molecule has 4 fully saturated rings. The number of carbonyl (C=O) groups excluding carboxylic acids is 2. The van der Waals surface area contributed by atoms with Crippen molar-refractivity contribution in [2.45, 2.75) is 165 Å². The summed E-state index contributed by atoms with van der Waals surface area (Å²) in [5.74, 6) is 0.380. The lowest BCUT2D eigenvalue weighted by Crippen LogP contribution is -2.47. The van der Waals surface area contributed by atoms with Gasteiger partial charge in [0.1, 0.15) is 45.8 Å². The predicted molar refractivity (Wildman–Crippen MR) is 510 cm³/mol. The number of ether oxygens (including phenoxy) is 6. The number of hydrogen-bond donors (Lipinski definition) is 4. The van der Waals surface area contributed by atoms with Crippen LogP contribution < -0.4 is 38.2 Å². The number of sulfonamides is 2. The highest BCUT2D eigenvalue weighted by molar-refractivity contribution is 7.90. The number of piperazine rings is 2. The third-order valence-electron chi connectivity index (χ3n) is 28.0. The number of allylic oxidation sites excluding steroid dienone is 2. The standard InChI is InChI=1S/2C50H57ClN6O8S/c2*1-50(2)16-14-36(44(28-50)34-6-8-37(51)9-7-34)30-55-18-20-56(21-19-55)38-10-13-42(47(25-38)65-40-24-35-15-17-52-48(35)53-29-40)49(58)54-66(61,62)41-26-45(57(59)60)43-23-33(31-64-46(43)27-41)22-32-4-11-39(63-3)12-5-32/h2*6-10,13,15,17,24-27,29,32-33,39H,4-5,11-12,14,16,18-23,28,30-31H2,1-3H3,(H,52,53)(H,54,58)/t2*32?,33-,39?/m00/s1. The highest BCUT2D eigenvalue weighted by Gasteiger charge is 2.39. The first-order chi connectivity index (χ1) is 63.4. The Hall–Kier alpha value is -11.0. The number of aromatic amines is 2. The van der Waals surface area contributed by atoms with E-state index in [0.717, 1.165) is 213 Å². The molecule has 2 saturated heterocycles. The van der Waals surface area contributed by atoms with Crippen molar-refractivity contribution in [2.24, 2.45) is 34.5 Å². The second kappa shape index (κ2) is 39.7. The van der Waals surface area contributed by atoms with E-state index >= 15 is 0 Å². The largest absolute Gasteiger partial charge is 0.493 e. The van der Waals surface area contributed by atoms with Crippen molar-refractivity contribution >= 4 is 111 Å². The summed E-state index contributed by atoms with van der Waals surface area (Å²) in [6.07, 6.45) is 24.1. The molecule has 696 valence electrons. The van der Waals surface area contributed by atoms with Gasteiger partial charge in [0.25, 0.3) is 43.2 Å². The van der Waals surface area contributed by atoms with Gasteiger partial charge in [-0.25, -0.2) is 36.2 Å². The molecule has 2 saturated carbocycles. The summed E-state index contributed by atoms with van der Waals surface area (Å²) in [5.41, 5.74) is 11.6. The molecule has 4 aromatic heterocycles. The Morgan fingerprint density at radius 3 is 1.27 bits per heavy atom. The van der Waals surface area contributed by atoms with Crippen LogP contribution in [-0.2, 0) is 42.4 Å². The van der Waals surface area contributed by atoms with Crippen molar-refractivity contribution in [3.63, 3.8) is 0 Å². The lowest BCUT2D eigenvalue weighted by Gasteiger charge is -2.39. The van der Waals surface area contributed by atoms with E-state index in [-0.39, 0.29) is 80.4 Å². The van der Waals surface area contributed by atoms with E-state index in [4.69, 9.17) is 51.6 Å². The summed E-state index contributed by atoms with van der Waals surface area (Å²) in [4.78, 5) is 75.5. The van der Waals surface area contributed by atoms with Gasteiger partial charge in [0.2, 0.25) is 0 Å². The second-order valence-corrected chi connectivity index (χ2v) is 42.6. The summed E-state index contributed by atoms with van der Waals surface area (Å²) in [6, 6.07) is 38.4. The van der Waals surface area contributed by atoms with Gasteiger partial charge < -0.3 is 48.2 Å². The van der Waals surface area contributed by atoms with Crippen LogP contribution >= 0.6 is 23.2 Å². The lowest BCUT2D eigenvalue weighted by molar-refractivity contribution is -0.386. The SMILES string of the molecule is COC1CCC(C[C@@H]2COc3cc(S(=O)(=O)NC(=O)c4ccc(N5CCN(CC6=C(c7ccc(Cl)cc7)CC(C)(C)CC6)CC5)cc4Oc4cnc5[nH]ccc5c4)cc([N+](=O)[O-])c3C2)CC1.COC1CCC(C[C@@H]2COc3cc(S(=O)(=O)NC(=O)c4ccc(N5CCN(CC6=C(c7ccc(Cl)cc7)CC(C)(C)CC6)CC5)cc4Oc4cnc5[nH]ccc5c4)cc([N+](=O)[O-])c3C2)CC1. The number of methoxy groups -OCH3 is 2. The molecule has 2 amide bonds. The van der Waals surface area contributed by atoms with E-state index in [1.807, 2.05) is 36.4 Å². The number of H-pyrrole nitrogens is 2. The van der Waals surface area contributed by atoms with Crippen molar-refractivity contribution in [1.29, 1.82) is 0 Å². The van der Waals surface area contributed by atoms with Crippen LogP contribution in [0.15, 0.2) is 179 Å². The number of aromatic nitrogens is 4. The number of anilines is 2. The van der Waals surface area contributed by atoms with Crippen molar-refractivity contribution in [1.82, 2.24) is 39.2 Å². The predicted octanol–water partition coefficient (Wildman–Crippen LogP) is 19.9. The first-order valence-corrected chi connectivity index (χ1v) is 49.6. The molecule has 8 aliphatic rings. The number of nitrogens with zero attached hydrogens (tertiary/aromatic N) is 8. The minimum Gasteiger partial charge on any atom is -0.493 e. The second-order valence-electron chi connectivity index (χ2n) is 38.3. The Morgan fingerprint density at radius 2 is 0.894 bits per heavy atom. The fourth-order valence-corrected chi connectivity index (χ4v) is 22.8. The molecule has 0 radical (unpaired) electrons. The van der Waals surface area contributed by atoms with Crippen LogP contribution in [0.2, 0.25) is 10.0 Å². The fraction of sp³-hybridized carbons (Fsp3) is 0.440. The van der Waals surface area contributed by atoms with Crippen LogP contribution in [0.5, 0.6) is 34.5 Å². The zero-order valence-corrected chi connectivity index (χ0v) is 78.5. The number of carbonyl (C=O) groups is 2. The number of rotatable bonds is 26. The topological polar surface area (TPSA) is 338 Å². The fourth-order valence-electron chi connectivity index (χ4n) is 20.5. The van der Waals surface area contributed by atoms with Gasteiger partial charge in [0.15, 0.2) is 0 Å². The Bertz CT molecular complexity index is 5890. The van der Waals surface area contributed by atoms with E-state index < -0.39 is 51.5 Å². The Balaban J connectivity index is 0.000000184. The molecule has 0 spiro atoms. The summed E-state index contributed by atoms with van der Waals surface area (Å²) >= 11 is 12.5. The quantitative estimate of drug-likeness (QED) is 0.0289. The monoisotopic (exact) mass is 1870 g/mol. The van der Waals surface area contributed by atoms with Crippen molar-refractivity contribution in [2.75, 3.05) is 103 Å². The van der Waals surface area contributed by atoms with Crippen LogP contribution in [-0.4, -0.2) is 173 Å². The Kier molecular flexibility index (Phi) is 27.9. The molecular weight excluding hydrogens is 1760 g/mol. The molecule has 18 rings (SSSR count). The average molecular weight is 1880 g/mol. The maximum Gasteiger partial charge on any atom is 0.277 e. The van der Waals surface area contributed by atoms with Crippen molar-refractivity contribution in [3.05, 3.63) is 233 Å². The number of halogens is 2. The van der Waals surface area contributed by atoms with Gasteiger partial charge in [-0.3, -0.25) is 39.6 Å². The first-order valence-electron chi connectivity index (χ1n) is 45.9. The van der Waals surface area contributed by atoms with Crippen molar-refractivity contribution < 1.29 is 64.7 Å². The van der Waals surface area contributed by atoms with Gasteiger partial charge in [-0.2, -0.15) is 0 Å². The van der Waals surface area contributed by atoms with Gasteiger partial charge in [-0.15, -0.1) is 0 Å². The molecule has 6 aromatic carbocycles. The van der Waals surface area contributed by atoms with E-state index in [9.17, 15) is 46.7 Å². The molecule has 4 aliphatic carbocycles. The van der Waals surface area contributed by atoms with Crippen LogP contribution in [0.3, 0.4) is 0 Å². The maximum atomic E-state index is 14.1. The number of nitro benzene ring substituents is 2. The van der Waals surface area contributed by atoms with Gasteiger partial charge in [0.05, 0.1) is 79.7 Å². The molecule has 2 atom stereocenters. The maximum absolute atomic E-state index is 14.1. The third-order valence-corrected chi connectivity index (χ3v) is 31.1. The minimum absolute atomic E-state index is 0.0388.